The Labute approximate surface area is 194 Å². The molecule has 0 saturated carbocycles. The van der Waals surface area contributed by atoms with Crippen molar-refractivity contribution in [3.05, 3.63) is 34.7 Å². The molecule has 8 bridgehead atoms. The van der Waals surface area contributed by atoms with Crippen molar-refractivity contribution >= 4 is 26.8 Å². The molecule has 9 atom stereocenters. The Morgan fingerprint density at radius 1 is 0.971 bits per heavy atom. The zero-order valence-corrected chi connectivity index (χ0v) is 19.1. The lowest BCUT2D eigenvalue weighted by atomic mass is 10.1. The van der Waals surface area contributed by atoms with Gasteiger partial charge in [0, 0.05) is 0 Å². The second kappa shape index (κ2) is 8.62. The minimum atomic E-state index is -5.56. The van der Waals surface area contributed by atoms with Gasteiger partial charge in [-0.15, -0.1) is 0 Å². The van der Waals surface area contributed by atoms with Gasteiger partial charge in [-0.25, -0.2) is 14.3 Å². The first-order valence-corrected chi connectivity index (χ1v) is 13.0. The van der Waals surface area contributed by atoms with Gasteiger partial charge in [0.1, 0.15) is 36.8 Å². The predicted molar refractivity (Wildman–Crippen MR) is 105 cm³/mol. The van der Waals surface area contributed by atoms with Crippen molar-refractivity contribution in [2.75, 3.05) is 13.2 Å². The molecule has 192 valence electrons. The number of ether oxygens (including phenoxy) is 1. The Kier molecular flexibility index (Phi) is 6.12. The summed E-state index contributed by atoms with van der Waals surface area (Å²) in [4.78, 5) is 45.2. The Balaban J connectivity index is 1.61. The van der Waals surface area contributed by atoms with E-state index in [2.05, 4.69) is 23.3 Å². The third kappa shape index (κ3) is 4.33. The molecule has 0 spiro atoms. The van der Waals surface area contributed by atoms with Crippen LogP contribution in [0.1, 0.15) is 12.3 Å². The van der Waals surface area contributed by atoms with E-state index in [0.29, 0.717) is 0 Å². The van der Waals surface area contributed by atoms with Crippen molar-refractivity contribution in [2.45, 2.75) is 42.8 Å². The number of hydrogen-bond acceptors (Lipinski definition) is 15. The third-order valence-corrected chi connectivity index (χ3v) is 8.38. The van der Waals surface area contributed by atoms with E-state index in [1.165, 1.54) is 0 Å². The number of aliphatic hydroxyl groups is 4. The van der Waals surface area contributed by atoms with Crippen molar-refractivity contribution in [3.8, 4) is 0 Å². The molecule has 1 saturated heterocycles. The molecule has 2 unspecified atom stereocenters. The van der Waals surface area contributed by atoms with Gasteiger partial charge in [-0.3, -0.25) is 23.1 Å². The van der Waals surface area contributed by atoms with Gasteiger partial charge >= 0.3 is 0 Å². The highest BCUT2D eigenvalue weighted by Gasteiger charge is 2.45. The maximum Gasteiger partial charge on any atom is 0.282 e. The lowest BCUT2D eigenvalue weighted by Crippen LogP contribution is -2.35. The number of aliphatic hydroxyl groups excluding tert-OH is 4. The minimum Gasteiger partial charge on any atom is -0.756 e. The van der Waals surface area contributed by atoms with Gasteiger partial charge < -0.3 is 44.0 Å². The highest BCUT2D eigenvalue weighted by Crippen LogP contribution is 2.56. The molecule has 19 heteroatoms. The number of phosphoric acid groups is 2. The number of imidazole rings is 1. The quantitative estimate of drug-likeness (QED) is 0.188. The van der Waals surface area contributed by atoms with Gasteiger partial charge in [-0.1, -0.05) is 6.08 Å². The Bertz CT molecular complexity index is 1340. The highest BCUT2D eigenvalue weighted by atomic mass is 31.3. The van der Waals surface area contributed by atoms with E-state index in [9.17, 15) is 44.1 Å². The topological polar surface area (TPSA) is 251 Å². The van der Waals surface area contributed by atoms with Crippen LogP contribution in [0.25, 0.3) is 11.2 Å². The average molecular weight is 536 g/mol. The lowest BCUT2D eigenvalue weighted by molar-refractivity contribution is -0.245. The molecule has 0 radical (unpaired) electrons. The van der Waals surface area contributed by atoms with Gasteiger partial charge in [0.25, 0.3) is 21.2 Å². The minimum absolute atomic E-state index is 0.0594. The van der Waals surface area contributed by atoms with Crippen molar-refractivity contribution < 1.29 is 57.4 Å². The van der Waals surface area contributed by atoms with Crippen molar-refractivity contribution in [1.29, 1.82) is 0 Å². The Morgan fingerprint density at radius 3 is 2.40 bits per heavy atom. The summed E-state index contributed by atoms with van der Waals surface area (Å²) in [6.45, 7) is -1.85. The average Bonchev–Trinajstić information content (AvgIpc) is 3.41. The third-order valence-electron chi connectivity index (χ3n) is 5.87. The van der Waals surface area contributed by atoms with Gasteiger partial charge in [-0.2, -0.15) is 0 Å². The van der Waals surface area contributed by atoms with Gasteiger partial charge in [0.2, 0.25) is 0 Å². The molecule has 0 aromatic carbocycles. The summed E-state index contributed by atoms with van der Waals surface area (Å²) < 4.78 is 44.5. The van der Waals surface area contributed by atoms with Crippen molar-refractivity contribution in [2.24, 2.45) is 0 Å². The van der Waals surface area contributed by atoms with Gasteiger partial charge in [-0.05, 0) is 5.57 Å². The number of hydrogen-bond donors (Lipinski definition) is 4. The van der Waals surface area contributed by atoms with E-state index in [0.717, 1.165) is 27.9 Å². The summed E-state index contributed by atoms with van der Waals surface area (Å²) in [5, 5.41) is 41.4. The number of phosphoric ester groups is 2. The SMILES string of the molecule is O=c1c2ncn3c2ncn1[C@@H]1C=C(COP(=O)([O-])OP(=O)([O-])OC[C@H]2O[C@@H]3[C@H](O)[C@@H]2O)[C@@H](O)[C@H]1O. The molecule has 35 heavy (non-hydrogen) atoms. The van der Waals surface area contributed by atoms with Crippen LogP contribution in [0.15, 0.2) is 29.1 Å². The monoisotopic (exact) mass is 536 g/mol. The van der Waals surface area contributed by atoms with Crippen LogP contribution >= 0.6 is 15.6 Å². The summed E-state index contributed by atoms with van der Waals surface area (Å²) in [5.41, 5.74) is -1.20. The van der Waals surface area contributed by atoms with Crippen molar-refractivity contribution in [1.82, 2.24) is 19.1 Å². The maximum atomic E-state index is 13.1. The highest BCUT2D eigenvalue weighted by molar-refractivity contribution is 7.59. The fourth-order valence-corrected chi connectivity index (χ4v) is 6.10. The molecule has 1 aliphatic carbocycles. The lowest BCUT2D eigenvalue weighted by Gasteiger charge is -2.31. The zero-order chi connectivity index (χ0) is 25.3. The molecule has 4 aliphatic rings. The molecule has 4 N–H and O–H groups in total. The maximum absolute atomic E-state index is 13.1. The number of nitrogens with zero attached hydrogens (tertiary/aromatic N) is 4. The Hall–Kier alpha value is -1.85. The van der Waals surface area contributed by atoms with Crippen LogP contribution in [0.5, 0.6) is 0 Å². The fourth-order valence-electron chi connectivity index (χ4n) is 4.11. The van der Waals surface area contributed by atoms with Crippen LogP contribution in [-0.4, -0.2) is 83.3 Å². The second-order valence-electron chi connectivity index (χ2n) is 8.04. The summed E-state index contributed by atoms with van der Waals surface area (Å²) in [7, 11) is -11.1. The second-order valence-corrected chi connectivity index (χ2v) is 11.0. The molecule has 2 aromatic rings. The number of aromatic nitrogens is 4. The van der Waals surface area contributed by atoms with E-state index in [-0.39, 0.29) is 16.7 Å². The Morgan fingerprint density at radius 2 is 1.66 bits per heavy atom. The predicted octanol–water partition coefficient (Wildman–Crippen LogP) is -3.58. The van der Waals surface area contributed by atoms with E-state index in [1.807, 2.05) is 0 Å². The van der Waals surface area contributed by atoms with E-state index in [4.69, 9.17) is 4.74 Å². The standard InChI is InChI=1S/C16H20N4O13P2/c21-10-6-1-7(11(10)22)19-5-18-14-9(15(19)25)17-4-20(14)16-13(24)12(23)8(32-16)3-31-35(28,29)33-34(26,27)30-2-6/h1,4-5,7-8,10-13,16,21-24H,2-3H2,(H,26,27)(H,28,29)/p-2/t7-,8-,10-,11+,12-,13-,16-/m1/s1. The summed E-state index contributed by atoms with van der Waals surface area (Å²) >= 11 is 0. The molecule has 0 amide bonds. The summed E-state index contributed by atoms with van der Waals surface area (Å²) in [6, 6.07) is -1.21. The summed E-state index contributed by atoms with van der Waals surface area (Å²) in [6.07, 6.45) is -6.16. The molecule has 5 heterocycles. The van der Waals surface area contributed by atoms with Crippen LogP contribution in [0.3, 0.4) is 0 Å². The normalized spacial score (nSPS) is 42.3. The van der Waals surface area contributed by atoms with Gasteiger partial charge in [0.05, 0.1) is 25.6 Å². The van der Waals surface area contributed by atoms with Crippen LogP contribution < -0.4 is 15.3 Å². The van der Waals surface area contributed by atoms with E-state index < -0.39 is 77.2 Å². The molecule has 1 fully saturated rings. The van der Waals surface area contributed by atoms with Crippen LogP contribution in [-0.2, 0) is 27.2 Å². The first kappa shape index (κ1) is 24.8. The first-order chi connectivity index (χ1) is 16.4. The molecule has 17 nitrogen and oxygen atoms in total. The van der Waals surface area contributed by atoms with Crippen molar-refractivity contribution in [3.63, 3.8) is 0 Å². The smallest absolute Gasteiger partial charge is 0.282 e. The van der Waals surface area contributed by atoms with E-state index >= 15 is 0 Å². The number of rotatable bonds is 0. The van der Waals surface area contributed by atoms with E-state index in [1.54, 1.807) is 0 Å². The van der Waals surface area contributed by atoms with Crippen LogP contribution in [0, 0.1) is 0 Å². The zero-order valence-electron chi connectivity index (χ0n) is 17.3. The van der Waals surface area contributed by atoms with Gasteiger partial charge in [0.15, 0.2) is 17.4 Å². The first-order valence-electron chi connectivity index (χ1n) is 10.0. The number of fused-ring (bicyclic) bond motifs is 7. The molecule has 6 rings (SSSR count). The largest absolute Gasteiger partial charge is 0.756 e. The molecule has 2 aromatic heterocycles. The molecule has 3 aliphatic heterocycles. The van der Waals surface area contributed by atoms with Crippen LogP contribution in [0.4, 0.5) is 0 Å². The van der Waals surface area contributed by atoms with Crippen LogP contribution in [0.2, 0.25) is 0 Å². The molecular formula is C16H18N4O13P2-2. The molecular weight excluding hydrogens is 518 g/mol. The summed E-state index contributed by atoms with van der Waals surface area (Å²) in [5.74, 6) is 0. The fraction of sp³-hybridized carbons (Fsp3) is 0.562.